The summed E-state index contributed by atoms with van der Waals surface area (Å²) in [6, 6.07) is 7.78. The molecule has 1 aliphatic rings. The molecule has 0 amide bonds. The van der Waals surface area contributed by atoms with E-state index in [-0.39, 0.29) is 5.82 Å². The Bertz CT molecular complexity index is 654. The first-order chi connectivity index (χ1) is 11.3. The van der Waals surface area contributed by atoms with Gasteiger partial charge in [-0.15, -0.1) is 0 Å². The summed E-state index contributed by atoms with van der Waals surface area (Å²) in [4.78, 5) is 12.8. The molecule has 1 aliphatic heterocycles. The van der Waals surface area contributed by atoms with Crippen LogP contribution in [0.15, 0.2) is 47.9 Å². The van der Waals surface area contributed by atoms with Crippen molar-refractivity contribution >= 4 is 11.7 Å². The Labute approximate surface area is 133 Å². The van der Waals surface area contributed by atoms with Crippen LogP contribution in [0.1, 0.15) is 5.56 Å². The highest BCUT2D eigenvalue weighted by molar-refractivity contribution is 6.01. The maximum Gasteiger partial charge on any atom is 0.225 e. The predicted molar refractivity (Wildman–Crippen MR) is 85.4 cm³/mol. The van der Waals surface area contributed by atoms with Crippen molar-refractivity contribution < 1.29 is 9.60 Å². The van der Waals surface area contributed by atoms with Gasteiger partial charge in [0, 0.05) is 50.7 Å². The summed E-state index contributed by atoms with van der Waals surface area (Å²) in [5, 5.41) is 12.6. The van der Waals surface area contributed by atoms with Gasteiger partial charge < -0.3 is 10.1 Å². The zero-order valence-electron chi connectivity index (χ0n) is 12.6. The van der Waals surface area contributed by atoms with Crippen LogP contribution in [0, 0.1) is 5.82 Å². The van der Waals surface area contributed by atoms with E-state index in [0.717, 1.165) is 37.7 Å². The number of hydrogen-bond acceptors (Lipinski definition) is 6. The third kappa shape index (κ3) is 3.81. The molecule has 1 fully saturated rings. The lowest BCUT2D eigenvalue weighted by molar-refractivity contribution is 0.279. The van der Waals surface area contributed by atoms with Gasteiger partial charge in [-0.25, -0.2) is 14.4 Å². The first-order valence-corrected chi connectivity index (χ1v) is 7.47. The molecular weight excluding hydrogens is 297 g/mol. The highest BCUT2D eigenvalue weighted by atomic mass is 19.1. The highest BCUT2D eigenvalue weighted by Gasteiger charge is 2.20. The Morgan fingerprint density at radius 1 is 1.09 bits per heavy atom. The monoisotopic (exact) mass is 315 g/mol. The minimum atomic E-state index is -0.303. The zero-order chi connectivity index (χ0) is 16.1. The van der Waals surface area contributed by atoms with Gasteiger partial charge in [0.2, 0.25) is 5.95 Å². The molecule has 6 nitrogen and oxygen atoms in total. The van der Waals surface area contributed by atoms with E-state index >= 15 is 0 Å². The molecule has 1 saturated heterocycles. The van der Waals surface area contributed by atoms with Gasteiger partial charge in [-0.3, -0.25) is 4.90 Å². The zero-order valence-corrected chi connectivity index (χ0v) is 12.6. The summed E-state index contributed by atoms with van der Waals surface area (Å²) in [6.07, 6.45) is 3.47. The minimum absolute atomic E-state index is 0.303. The van der Waals surface area contributed by atoms with Crippen LogP contribution >= 0.6 is 0 Å². The Kier molecular flexibility index (Phi) is 4.77. The van der Waals surface area contributed by atoms with E-state index in [2.05, 4.69) is 24.9 Å². The van der Waals surface area contributed by atoms with E-state index in [4.69, 9.17) is 0 Å². The molecule has 2 aromatic rings. The fourth-order valence-corrected chi connectivity index (χ4v) is 2.60. The summed E-state index contributed by atoms with van der Waals surface area (Å²) in [5.41, 5.74) is 1.26. The van der Waals surface area contributed by atoms with E-state index in [0.29, 0.717) is 12.3 Å². The summed E-state index contributed by atoms with van der Waals surface area (Å²) in [7, 11) is 0. The van der Waals surface area contributed by atoms with E-state index in [1.54, 1.807) is 30.6 Å². The van der Waals surface area contributed by atoms with Gasteiger partial charge in [0.25, 0.3) is 0 Å². The van der Waals surface area contributed by atoms with Crippen LogP contribution in [-0.2, 0) is 0 Å². The molecule has 23 heavy (non-hydrogen) atoms. The molecule has 0 aliphatic carbocycles. The Balaban J connectivity index is 1.58. The summed E-state index contributed by atoms with van der Waals surface area (Å²) < 4.78 is 13.0. The van der Waals surface area contributed by atoms with Crippen LogP contribution in [0.25, 0.3) is 0 Å². The number of halogens is 1. The first kappa shape index (κ1) is 15.4. The fraction of sp³-hybridized carbons (Fsp3) is 0.312. The van der Waals surface area contributed by atoms with Crippen molar-refractivity contribution in [3.05, 3.63) is 54.1 Å². The van der Waals surface area contributed by atoms with Gasteiger partial charge in [-0.2, -0.15) is 0 Å². The lowest BCUT2D eigenvalue weighted by Crippen LogP contribution is -2.48. The molecule has 0 bridgehead atoms. The van der Waals surface area contributed by atoms with Crippen molar-refractivity contribution in [2.45, 2.75) is 0 Å². The number of hydrogen-bond donors (Lipinski definition) is 1. The number of nitrogens with zero attached hydrogens (tertiary/aromatic N) is 5. The van der Waals surface area contributed by atoms with Crippen molar-refractivity contribution in [1.29, 1.82) is 0 Å². The lowest BCUT2D eigenvalue weighted by Gasteiger charge is -2.34. The van der Waals surface area contributed by atoms with Crippen LogP contribution in [0.2, 0.25) is 0 Å². The van der Waals surface area contributed by atoms with Crippen molar-refractivity contribution in [3.8, 4) is 0 Å². The molecule has 0 radical (unpaired) electrons. The van der Waals surface area contributed by atoms with Gasteiger partial charge in [-0.1, -0.05) is 17.3 Å². The molecule has 0 saturated carbocycles. The summed E-state index contributed by atoms with van der Waals surface area (Å²) in [5.74, 6) is 0.434. The second-order valence-electron chi connectivity index (χ2n) is 5.37. The van der Waals surface area contributed by atoms with Gasteiger partial charge in [0.1, 0.15) is 11.5 Å². The first-order valence-electron chi connectivity index (χ1n) is 7.47. The smallest absolute Gasteiger partial charge is 0.225 e. The molecule has 7 heteroatoms. The standard InChI is InChI=1S/C16H18FN5O/c17-14-4-2-13(3-5-14)15(20-23)12-21-8-10-22(11-9-21)16-18-6-1-7-19-16/h1-7,23H,8-12H2. The van der Waals surface area contributed by atoms with Gasteiger partial charge >= 0.3 is 0 Å². The molecule has 0 atom stereocenters. The topological polar surface area (TPSA) is 64.9 Å². The van der Waals surface area contributed by atoms with E-state index in [1.165, 1.54) is 12.1 Å². The fourth-order valence-electron chi connectivity index (χ4n) is 2.60. The number of benzene rings is 1. The molecule has 1 aromatic heterocycles. The highest BCUT2D eigenvalue weighted by Crippen LogP contribution is 2.11. The Morgan fingerprint density at radius 3 is 2.35 bits per heavy atom. The number of aromatic nitrogens is 2. The SMILES string of the molecule is ON=C(CN1CCN(c2ncccn2)CC1)c1ccc(F)cc1. The van der Waals surface area contributed by atoms with Crippen LogP contribution in [0.5, 0.6) is 0 Å². The third-order valence-electron chi connectivity index (χ3n) is 3.88. The molecule has 1 N–H and O–H groups in total. The maximum atomic E-state index is 13.0. The second kappa shape index (κ2) is 7.15. The normalized spacial score (nSPS) is 16.6. The quantitative estimate of drug-likeness (QED) is 0.528. The van der Waals surface area contributed by atoms with Crippen LogP contribution in [-0.4, -0.2) is 58.5 Å². The molecule has 0 unspecified atom stereocenters. The lowest BCUT2D eigenvalue weighted by atomic mass is 10.1. The number of oxime groups is 1. The van der Waals surface area contributed by atoms with Crippen LogP contribution in [0.3, 0.4) is 0 Å². The number of piperazine rings is 1. The maximum absolute atomic E-state index is 13.0. The summed E-state index contributed by atoms with van der Waals surface area (Å²) >= 11 is 0. The van der Waals surface area contributed by atoms with E-state index < -0.39 is 0 Å². The van der Waals surface area contributed by atoms with Crippen molar-refractivity contribution in [2.75, 3.05) is 37.6 Å². The average molecular weight is 315 g/mol. The van der Waals surface area contributed by atoms with Crippen molar-refractivity contribution in [1.82, 2.24) is 14.9 Å². The Hall–Kier alpha value is -2.54. The van der Waals surface area contributed by atoms with Crippen molar-refractivity contribution in [2.24, 2.45) is 5.16 Å². The average Bonchev–Trinajstić information content (AvgIpc) is 2.62. The summed E-state index contributed by atoms with van der Waals surface area (Å²) in [6.45, 7) is 3.78. The Morgan fingerprint density at radius 2 is 1.74 bits per heavy atom. The molecule has 2 heterocycles. The minimum Gasteiger partial charge on any atom is -0.411 e. The molecule has 120 valence electrons. The van der Waals surface area contributed by atoms with Crippen molar-refractivity contribution in [3.63, 3.8) is 0 Å². The molecule has 1 aromatic carbocycles. The third-order valence-corrected chi connectivity index (χ3v) is 3.88. The second-order valence-corrected chi connectivity index (χ2v) is 5.37. The number of rotatable bonds is 4. The predicted octanol–water partition coefficient (Wildman–Crippen LogP) is 1.62. The van der Waals surface area contributed by atoms with Gasteiger partial charge in [0.15, 0.2) is 0 Å². The van der Waals surface area contributed by atoms with Crippen LogP contribution < -0.4 is 4.90 Å². The largest absolute Gasteiger partial charge is 0.411 e. The van der Waals surface area contributed by atoms with Gasteiger partial charge in [0.05, 0.1) is 0 Å². The number of anilines is 1. The van der Waals surface area contributed by atoms with E-state index in [9.17, 15) is 9.60 Å². The molecule has 0 spiro atoms. The van der Waals surface area contributed by atoms with Crippen LogP contribution in [0.4, 0.5) is 10.3 Å². The molecular formula is C16H18FN5O. The van der Waals surface area contributed by atoms with E-state index in [1.807, 2.05) is 0 Å². The molecule has 3 rings (SSSR count). The van der Waals surface area contributed by atoms with Gasteiger partial charge in [-0.05, 0) is 18.2 Å².